The van der Waals surface area contributed by atoms with Crippen molar-refractivity contribution < 1.29 is 4.79 Å². The molecule has 0 bridgehead atoms. The van der Waals surface area contributed by atoms with E-state index in [0.29, 0.717) is 6.54 Å². The van der Waals surface area contributed by atoms with E-state index in [-0.39, 0.29) is 12.1 Å². The molecule has 2 N–H and O–H groups in total. The van der Waals surface area contributed by atoms with Crippen LogP contribution in [0.4, 0.5) is 4.79 Å². The maximum atomic E-state index is 12.9. The molecule has 1 aromatic carbocycles. The molecular weight excluding hydrogens is 352 g/mol. The van der Waals surface area contributed by atoms with Crippen molar-refractivity contribution in [1.82, 2.24) is 30.0 Å². The minimum absolute atomic E-state index is 0.00976. The third-order valence-corrected chi connectivity index (χ3v) is 5.38. The lowest BCUT2D eigenvalue weighted by Crippen LogP contribution is -2.48. The number of H-pyrrole nitrogens is 1. The van der Waals surface area contributed by atoms with Crippen LogP contribution in [-0.2, 0) is 13.1 Å². The van der Waals surface area contributed by atoms with Gasteiger partial charge in [-0.25, -0.2) is 9.78 Å². The van der Waals surface area contributed by atoms with E-state index in [2.05, 4.69) is 25.1 Å². The van der Waals surface area contributed by atoms with Gasteiger partial charge < -0.3 is 14.8 Å². The number of aromatic amines is 1. The molecule has 0 aliphatic carbocycles. The average Bonchev–Trinajstić information content (AvgIpc) is 3.43. The first-order valence-electron chi connectivity index (χ1n) is 9.89. The maximum Gasteiger partial charge on any atom is 0.317 e. The molecule has 0 radical (unpaired) electrons. The number of hydrogen-bond donors (Lipinski definition) is 2. The van der Waals surface area contributed by atoms with Crippen molar-refractivity contribution in [1.29, 1.82) is 0 Å². The number of aromatic nitrogens is 4. The quantitative estimate of drug-likeness (QED) is 0.690. The smallest absolute Gasteiger partial charge is 0.317 e. The summed E-state index contributed by atoms with van der Waals surface area (Å²) < 4.78 is 2.07. The Morgan fingerprint density at radius 1 is 1.25 bits per heavy atom. The van der Waals surface area contributed by atoms with Gasteiger partial charge in [-0.2, -0.15) is 5.10 Å². The number of urea groups is 1. The van der Waals surface area contributed by atoms with E-state index < -0.39 is 0 Å². The largest absolute Gasteiger partial charge is 0.337 e. The van der Waals surface area contributed by atoms with Gasteiger partial charge in [0.25, 0.3) is 0 Å². The SMILES string of the molecule is O=C(NCc1cn[nH]c1-c1ccccc1)N1CCCCC1CCn1ccnc1. The van der Waals surface area contributed by atoms with Crippen molar-refractivity contribution >= 4 is 6.03 Å². The lowest BCUT2D eigenvalue weighted by Gasteiger charge is -2.36. The van der Waals surface area contributed by atoms with Crippen LogP contribution >= 0.6 is 0 Å². The van der Waals surface area contributed by atoms with Crippen LogP contribution in [0.15, 0.2) is 55.2 Å². The number of imidazole rings is 1. The summed E-state index contributed by atoms with van der Waals surface area (Å²) in [6, 6.07) is 10.3. The summed E-state index contributed by atoms with van der Waals surface area (Å²) >= 11 is 0. The number of likely N-dealkylation sites (tertiary alicyclic amines) is 1. The molecule has 1 unspecified atom stereocenters. The van der Waals surface area contributed by atoms with Gasteiger partial charge in [0, 0.05) is 43.6 Å². The number of amides is 2. The van der Waals surface area contributed by atoms with Crippen molar-refractivity contribution in [3.05, 3.63) is 60.8 Å². The number of carbonyl (C=O) groups is 1. The highest BCUT2D eigenvalue weighted by atomic mass is 16.2. The summed E-state index contributed by atoms with van der Waals surface area (Å²) in [6.45, 7) is 2.16. The van der Waals surface area contributed by atoms with Crippen molar-refractivity contribution in [2.45, 2.75) is 44.8 Å². The van der Waals surface area contributed by atoms with Crippen molar-refractivity contribution in [3.8, 4) is 11.3 Å². The number of nitrogens with one attached hydrogen (secondary N) is 2. The van der Waals surface area contributed by atoms with E-state index in [1.807, 2.05) is 47.8 Å². The van der Waals surface area contributed by atoms with Crippen LogP contribution in [0.5, 0.6) is 0 Å². The van der Waals surface area contributed by atoms with Crippen LogP contribution in [0, 0.1) is 0 Å². The average molecular weight is 378 g/mol. The third-order valence-electron chi connectivity index (χ3n) is 5.38. The number of benzene rings is 1. The Morgan fingerprint density at radius 2 is 2.14 bits per heavy atom. The Bertz CT molecular complexity index is 873. The lowest BCUT2D eigenvalue weighted by atomic mass is 9.99. The second kappa shape index (κ2) is 8.73. The molecule has 7 heteroatoms. The predicted molar refractivity (Wildman–Crippen MR) is 107 cm³/mol. The zero-order chi connectivity index (χ0) is 19.2. The second-order valence-electron chi connectivity index (χ2n) is 7.23. The second-order valence-corrected chi connectivity index (χ2v) is 7.23. The molecule has 1 aliphatic rings. The number of piperidine rings is 1. The van der Waals surface area contributed by atoms with Crippen LogP contribution < -0.4 is 5.32 Å². The van der Waals surface area contributed by atoms with Crippen molar-refractivity contribution in [2.24, 2.45) is 0 Å². The fourth-order valence-electron chi connectivity index (χ4n) is 3.86. The van der Waals surface area contributed by atoms with Gasteiger partial charge in [0.2, 0.25) is 0 Å². The van der Waals surface area contributed by atoms with E-state index in [9.17, 15) is 4.79 Å². The van der Waals surface area contributed by atoms with Crippen LogP contribution in [0.25, 0.3) is 11.3 Å². The first-order chi connectivity index (χ1) is 13.8. The number of hydrogen-bond acceptors (Lipinski definition) is 3. The molecule has 3 heterocycles. The maximum absolute atomic E-state index is 12.9. The van der Waals surface area contributed by atoms with Crippen LogP contribution in [0.3, 0.4) is 0 Å². The highest BCUT2D eigenvalue weighted by molar-refractivity contribution is 5.75. The highest BCUT2D eigenvalue weighted by Gasteiger charge is 2.26. The number of aryl methyl sites for hydroxylation is 1. The van der Waals surface area contributed by atoms with Crippen molar-refractivity contribution in [3.63, 3.8) is 0 Å². The van der Waals surface area contributed by atoms with Gasteiger partial charge in [0.1, 0.15) is 0 Å². The minimum atomic E-state index is 0.00976. The summed E-state index contributed by atoms with van der Waals surface area (Å²) in [5.74, 6) is 0. The number of nitrogens with zero attached hydrogens (tertiary/aromatic N) is 4. The van der Waals surface area contributed by atoms with Crippen LogP contribution in [0.2, 0.25) is 0 Å². The lowest BCUT2D eigenvalue weighted by molar-refractivity contribution is 0.143. The fourth-order valence-corrected chi connectivity index (χ4v) is 3.86. The minimum Gasteiger partial charge on any atom is -0.337 e. The molecule has 0 saturated carbocycles. The highest BCUT2D eigenvalue weighted by Crippen LogP contribution is 2.22. The fraction of sp³-hybridized carbons (Fsp3) is 0.381. The molecule has 7 nitrogen and oxygen atoms in total. The monoisotopic (exact) mass is 378 g/mol. The third kappa shape index (κ3) is 4.24. The Kier molecular flexibility index (Phi) is 5.70. The summed E-state index contributed by atoms with van der Waals surface area (Å²) in [6.07, 6.45) is 11.6. The van der Waals surface area contributed by atoms with Gasteiger partial charge in [-0.3, -0.25) is 5.10 Å². The Labute approximate surface area is 164 Å². The summed E-state index contributed by atoms with van der Waals surface area (Å²) in [4.78, 5) is 19.0. The van der Waals surface area contributed by atoms with Gasteiger partial charge in [-0.1, -0.05) is 30.3 Å². The molecule has 1 fully saturated rings. The van der Waals surface area contributed by atoms with E-state index in [1.165, 1.54) is 6.42 Å². The van der Waals surface area contributed by atoms with Gasteiger partial charge in [0.15, 0.2) is 0 Å². The first-order valence-corrected chi connectivity index (χ1v) is 9.89. The van der Waals surface area contributed by atoms with Gasteiger partial charge >= 0.3 is 6.03 Å². The molecule has 3 aromatic rings. The standard InChI is InChI=1S/C21H26N6O/c28-21(23-14-18-15-24-25-20(18)17-6-2-1-3-7-17)27-11-5-4-8-19(27)9-12-26-13-10-22-16-26/h1-3,6-7,10,13,15-16,19H,4-5,8-9,11-12,14H2,(H,23,28)(H,24,25). The molecule has 1 atom stereocenters. The van der Waals surface area contributed by atoms with Gasteiger partial charge in [-0.15, -0.1) is 0 Å². The van der Waals surface area contributed by atoms with Crippen molar-refractivity contribution in [2.75, 3.05) is 6.54 Å². The molecule has 1 aliphatic heterocycles. The van der Waals surface area contributed by atoms with E-state index in [1.54, 1.807) is 12.4 Å². The first kappa shape index (κ1) is 18.3. The van der Waals surface area contributed by atoms with E-state index in [0.717, 1.165) is 49.2 Å². The molecule has 4 rings (SSSR count). The summed E-state index contributed by atoms with van der Waals surface area (Å²) in [5.41, 5.74) is 3.02. The normalized spacial score (nSPS) is 16.9. The van der Waals surface area contributed by atoms with E-state index >= 15 is 0 Å². The molecule has 146 valence electrons. The Hall–Kier alpha value is -3.09. The van der Waals surface area contributed by atoms with Crippen LogP contribution in [-0.4, -0.2) is 43.3 Å². The van der Waals surface area contributed by atoms with Crippen LogP contribution in [0.1, 0.15) is 31.2 Å². The summed E-state index contributed by atoms with van der Waals surface area (Å²) in [7, 11) is 0. The summed E-state index contributed by atoms with van der Waals surface area (Å²) in [5, 5.41) is 10.3. The predicted octanol–water partition coefficient (Wildman–Crippen LogP) is 3.43. The molecule has 0 spiro atoms. The molecule has 2 amide bonds. The Morgan fingerprint density at radius 3 is 2.96 bits per heavy atom. The molecule has 2 aromatic heterocycles. The van der Waals surface area contributed by atoms with Gasteiger partial charge in [0.05, 0.1) is 18.2 Å². The molecule has 1 saturated heterocycles. The number of rotatable bonds is 6. The zero-order valence-electron chi connectivity index (χ0n) is 15.9. The van der Waals surface area contributed by atoms with Gasteiger partial charge in [-0.05, 0) is 31.2 Å². The topological polar surface area (TPSA) is 78.8 Å². The zero-order valence-corrected chi connectivity index (χ0v) is 15.9. The molecule has 28 heavy (non-hydrogen) atoms. The number of carbonyl (C=O) groups excluding carboxylic acids is 1. The Balaban J connectivity index is 1.37. The van der Waals surface area contributed by atoms with E-state index in [4.69, 9.17) is 0 Å². The molecular formula is C21H26N6O.